The summed E-state index contributed by atoms with van der Waals surface area (Å²) in [5.41, 5.74) is 1.88. The molecule has 0 spiro atoms. The third-order valence-corrected chi connectivity index (χ3v) is 3.07. The minimum Gasteiger partial charge on any atom is -0.508 e. The molecule has 4 nitrogen and oxygen atoms in total. The van der Waals surface area contributed by atoms with Gasteiger partial charge in [0, 0.05) is 18.6 Å². The lowest BCUT2D eigenvalue weighted by molar-refractivity contribution is 0.476. The van der Waals surface area contributed by atoms with E-state index in [1.807, 2.05) is 12.1 Å². The molecule has 0 aliphatic carbocycles. The maximum atomic E-state index is 12.0. The number of hydrogen-bond acceptors (Lipinski definition) is 3. The Morgan fingerprint density at radius 1 is 1.16 bits per heavy atom. The predicted octanol–water partition coefficient (Wildman–Crippen LogP) is 2.31. The van der Waals surface area contributed by atoms with E-state index in [0.29, 0.717) is 11.3 Å². The van der Waals surface area contributed by atoms with Crippen LogP contribution in [0.15, 0.2) is 53.5 Å². The molecule has 0 saturated carbocycles. The van der Waals surface area contributed by atoms with Crippen LogP contribution in [0.1, 0.15) is 0 Å². The molecular weight excluding hydrogens is 240 g/mol. The second-order valence-electron chi connectivity index (χ2n) is 4.41. The predicted molar refractivity (Wildman–Crippen MR) is 74.1 cm³/mol. The Kier molecular flexibility index (Phi) is 2.56. The fourth-order valence-electron chi connectivity index (χ4n) is 2.06. The number of fused-ring (bicyclic) bond motifs is 1. The van der Waals surface area contributed by atoms with Crippen molar-refractivity contribution in [2.75, 3.05) is 0 Å². The van der Waals surface area contributed by atoms with E-state index in [-0.39, 0.29) is 11.3 Å². The molecule has 0 atom stereocenters. The Morgan fingerprint density at radius 3 is 2.84 bits per heavy atom. The molecule has 4 heteroatoms. The molecule has 1 N–H and O–H groups in total. The van der Waals surface area contributed by atoms with Gasteiger partial charge in [0.15, 0.2) is 0 Å². The van der Waals surface area contributed by atoms with Crippen LogP contribution in [0.2, 0.25) is 0 Å². The fourth-order valence-corrected chi connectivity index (χ4v) is 2.06. The molecule has 0 bridgehead atoms. The van der Waals surface area contributed by atoms with Crippen molar-refractivity contribution in [2.24, 2.45) is 7.05 Å². The van der Waals surface area contributed by atoms with Crippen LogP contribution in [0.3, 0.4) is 0 Å². The van der Waals surface area contributed by atoms with Gasteiger partial charge in [0.1, 0.15) is 5.75 Å². The first-order chi connectivity index (χ1) is 9.15. The van der Waals surface area contributed by atoms with Gasteiger partial charge in [0.2, 0.25) is 0 Å². The van der Waals surface area contributed by atoms with Gasteiger partial charge >= 0.3 is 0 Å². The summed E-state index contributed by atoms with van der Waals surface area (Å²) in [6, 6.07) is 12.2. The summed E-state index contributed by atoms with van der Waals surface area (Å²) >= 11 is 0. The molecule has 0 saturated heterocycles. The molecular formula is C15H12N2O2. The molecule has 2 aromatic heterocycles. The molecule has 0 aliphatic heterocycles. The van der Waals surface area contributed by atoms with Gasteiger partial charge in [-0.15, -0.1) is 0 Å². The zero-order chi connectivity index (χ0) is 13.4. The second kappa shape index (κ2) is 4.24. The van der Waals surface area contributed by atoms with E-state index >= 15 is 0 Å². The largest absolute Gasteiger partial charge is 0.508 e. The number of nitrogens with zero attached hydrogens (tertiary/aromatic N) is 2. The highest BCUT2D eigenvalue weighted by atomic mass is 16.3. The molecule has 3 aromatic rings. The summed E-state index contributed by atoms with van der Waals surface area (Å²) in [7, 11) is 1.71. The molecule has 0 fully saturated rings. The highest BCUT2D eigenvalue weighted by molar-refractivity contribution is 5.82. The number of pyridine rings is 2. The SMILES string of the molecule is Cn1cccc(-c2ccc3cc(O)ccc3n2)c1=O. The van der Waals surface area contributed by atoms with Crippen LogP contribution in [0.4, 0.5) is 0 Å². The normalized spacial score (nSPS) is 10.8. The molecule has 0 aliphatic rings. The van der Waals surface area contributed by atoms with Crippen molar-refractivity contribution < 1.29 is 5.11 Å². The topological polar surface area (TPSA) is 55.1 Å². The number of aromatic hydroxyl groups is 1. The van der Waals surface area contributed by atoms with Crippen LogP contribution in [0.5, 0.6) is 5.75 Å². The van der Waals surface area contributed by atoms with Crippen molar-refractivity contribution in [3.63, 3.8) is 0 Å². The quantitative estimate of drug-likeness (QED) is 0.723. The average molecular weight is 252 g/mol. The number of aryl methyl sites for hydroxylation is 1. The van der Waals surface area contributed by atoms with Gasteiger partial charge in [0.25, 0.3) is 5.56 Å². The molecule has 1 aromatic carbocycles. The lowest BCUT2D eigenvalue weighted by Crippen LogP contribution is -2.17. The summed E-state index contributed by atoms with van der Waals surface area (Å²) in [5, 5.41) is 10.3. The Labute approximate surface area is 109 Å². The monoisotopic (exact) mass is 252 g/mol. The standard InChI is InChI=1S/C15H12N2O2/c1-17-8-2-3-12(15(17)19)14-6-4-10-9-11(18)5-7-13(10)16-14/h2-9,18H,1H3. The van der Waals surface area contributed by atoms with Crippen molar-refractivity contribution >= 4 is 10.9 Å². The number of aromatic nitrogens is 2. The first kappa shape index (κ1) is 11.5. The van der Waals surface area contributed by atoms with Gasteiger partial charge < -0.3 is 9.67 Å². The second-order valence-corrected chi connectivity index (χ2v) is 4.41. The van der Waals surface area contributed by atoms with E-state index < -0.39 is 0 Å². The van der Waals surface area contributed by atoms with Gasteiger partial charge in [-0.1, -0.05) is 6.07 Å². The lowest BCUT2D eigenvalue weighted by Gasteiger charge is -2.04. The maximum Gasteiger partial charge on any atom is 0.259 e. The van der Waals surface area contributed by atoms with Gasteiger partial charge in [-0.2, -0.15) is 0 Å². The number of hydrogen-bond donors (Lipinski definition) is 1. The summed E-state index contributed by atoms with van der Waals surface area (Å²) in [4.78, 5) is 16.5. The molecule has 0 unspecified atom stereocenters. The first-order valence-electron chi connectivity index (χ1n) is 5.91. The third-order valence-electron chi connectivity index (χ3n) is 3.07. The first-order valence-corrected chi connectivity index (χ1v) is 5.91. The molecule has 0 radical (unpaired) electrons. The van der Waals surface area contributed by atoms with Gasteiger partial charge in [-0.25, -0.2) is 4.98 Å². The molecule has 94 valence electrons. The van der Waals surface area contributed by atoms with Crippen LogP contribution in [0, 0.1) is 0 Å². The molecule has 19 heavy (non-hydrogen) atoms. The van der Waals surface area contributed by atoms with Gasteiger partial charge in [-0.05, 0) is 36.4 Å². The van der Waals surface area contributed by atoms with Crippen molar-refractivity contribution in [1.29, 1.82) is 0 Å². The van der Waals surface area contributed by atoms with Crippen LogP contribution in [0.25, 0.3) is 22.2 Å². The summed E-state index contributed by atoms with van der Waals surface area (Å²) in [6.07, 6.45) is 1.71. The van der Waals surface area contributed by atoms with E-state index in [2.05, 4.69) is 4.98 Å². The zero-order valence-corrected chi connectivity index (χ0v) is 10.4. The van der Waals surface area contributed by atoms with Crippen molar-refractivity contribution in [3.05, 3.63) is 59.0 Å². The number of phenols is 1. The average Bonchev–Trinajstić information content (AvgIpc) is 2.41. The Hall–Kier alpha value is -2.62. The van der Waals surface area contributed by atoms with Crippen molar-refractivity contribution in [3.8, 4) is 17.0 Å². The van der Waals surface area contributed by atoms with Gasteiger partial charge in [0.05, 0.1) is 16.8 Å². The minimum absolute atomic E-state index is 0.0758. The van der Waals surface area contributed by atoms with Gasteiger partial charge in [-0.3, -0.25) is 4.79 Å². The highest BCUT2D eigenvalue weighted by Crippen LogP contribution is 2.21. The van der Waals surface area contributed by atoms with E-state index in [1.165, 1.54) is 4.57 Å². The fraction of sp³-hybridized carbons (Fsp3) is 0.0667. The van der Waals surface area contributed by atoms with E-state index in [9.17, 15) is 9.90 Å². The Bertz CT molecular complexity index is 822. The third kappa shape index (κ3) is 1.97. The molecule has 2 heterocycles. The zero-order valence-electron chi connectivity index (χ0n) is 10.4. The number of rotatable bonds is 1. The Balaban J connectivity index is 2.23. The number of phenolic OH excluding ortho intramolecular Hbond substituents is 1. The highest BCUT2D eigenvalue weighted by Gasteiger charge is 2.06. The summed E-state index contributed by atoms with van der Waals surface area (Å²) in [5.74, 6) is 0.206. The van der Waals surface area contributed by atoms with E-state index in [1.54, 1.807) is 43.6 Å². The van der Waals surface area contributed by atoms with Crippen molar-refractivity contribution in [2.45, 2.75) is 0 Å². The van der Waals surface area contributed by atoms with Crippen LogP contribution in [-0.2, 0) is 7.05 Å². The van der Waals surface area contributed by atoms with E-state index in [4.69, 9.17) is 0 Å². The van der Waals surface area contributed by atoms with Crippen molar-refractivity contribution in [1.82, 2.24) is 9.55 Å². The molecule has 3 rings (SSSR count). The summed E-state index contributed by atoms with van der Waals surface area (Å²) in [6.45, 7) is 0. The minimum atomic E-state index is -0.0758. The van der Waals surface area contributed by atoms with Crippen LogP contribution < -0.4 is 5.56 Å². The van der Waals surface area contributed by atoms with Crippen LogP contribution in [-0.4, -0.2) is 14.7 Å². The Morgan fingerprint density at radius 2 is 2.00 bits per heavy atom. The number of benzene rings is 1. The van der Waals surface area contributed by atoms with E-state index in [0.717, 1.165) is 10.9 Å². The molecule has 0 amide bonds. The summed E-state index contributed by atoms with van der Waals surface area (Å²) < 4.78 is 1.53. The lowest BCUT2D eigenvalue weighted by atomic mass is 10.1. The maximum absolute atomic E-state index is 12.0. The smallest absolute Gasteiger partial charge is 0.259 e. The van der Waals surface area contributed by atoms with Crippen LogP contribution >= 0.6 is 0 Å².